The molecule has 0 fully saturated rings. The second-order valence-electron chi connectivity index (χ2n) is 4.81. The molecule has 0 aliphatic carbocycles. The Morgan fingerprint density at radius 3 is 2.50 bits per heavy atom. The standard InChI is InChI=1S/C15H20N5O2/c1-19(2)11-6-7-12(13(10-11)21-4)16-17-14-8-9-15(22-5)18-20(14)3/h6-10H,1-5H3/q-1. The fourth-order valence-electron chi connectivity index (χ4n) is 1.83. The number of nitrogens with zero attached hydrogens (tertiary/aromatic N) is 5. The minimum Gasteiger partial charge on any atom is -0.571 e. The average Bonchev–Trinajstić information content (AvgIpc) is 2.53. The highest BCUT2D eigenvalue weighted by molar-refractivity contribution is 5.66. The molecule has 0 aliphatic rings. The molecule has 22 heavy (non-hydrogen) atoms. The number of ether oxygens (including phenoxy) is 2. The molecular weight excluding hydrogens is 282 g/mol. The van der Waals surface area contributed by atoms with Gasteiger partial charge in [0.15, 0.2) is 0 Å². The van der Waals surface area contributed by atoms with E-state index in [2.05, 4.69) is 15.6 Å². The van der Waals surface area contributed by atoms with Crippen molar-refractivity contribution in [1.82, 2.24) is 9.78 Å². The first-order chi connectivity index (χ1) is 10.5. The van der Waals surface area contributed by atoms with Crippen molar-refractivity contribution in [2.75, 3.05) is 33.2 Å². The van der Waals surface area contributed by atoms with Gasteiger partial charge in [0.1, 0.15) is 11.2 Å². The van der Waals surface area contributed by atoms with E-state index >= 15 is 0 Å². The van der Waals surface area contributed by atoms with Gasteiger partial charge in [-0.25, -0.2) is 4.68 Å². The Morgan fingerprint density at radius 1 is 1.14 bits per heavy atom. The van der Waals surface area contributed by atoms with E-state index in [1.54, 1.807) is 38.1 Å². The first-order valence-electron chi connectivity index (χ1n) is 6.73. The van der Waals surface area contributed by atoms with Crippen molar-refractivity contribution in [2.45, 2.75) is 0 Å². The van der Waals surface area contributed by atoms with Crippen LogP contribution in [-0.2, 0) is 7.05 Å². The largest absolute Gasteiger partial charge is 0.571 e. The molecule has 0 unspecified atom stereocenters. The average molecular weight is 302 g/mol. The molecule has 0 aliphatic heterocycles. The zero-order chi connectivity index (χ0) is 16.1. The third-order valence-electron chi connectivity index (χ3n) is 3.10. The molecule has 0 radical (unpaired) electrons. The molecule has 1 aromatic carbocycles. The molecule has 0 saturated heterocycles. The third kappa shape index (κ3) is 3.49. The molecule has 2 aromatic rings. The van der Waals surface area contributed by atoms with Crippen LogP contribution in [0.3, 0.4) is 0 Å². The highest BCUT2D eigenvalue weighted by Gasteiger charge is 1.99. The molecule has 0 saturated carbocycles. The van der Waals surface area contributed by atoms with Crippen molar-refractivity contribution >= 4 is 11.4 Å². The van der Waals surface area contributed by atoms with Gasteiger partial charge in [0.2, 0.25) is 5.88 Å². The molecule has 0 bridgehead atoms. The van der Waals surface area contributed by atoms with Gasteiger partial charge >= 0.3 is 0 Å². The van der Waals surface area contributed by atoms with Crippen molar-refractivity contribution < 1.29 is 9.47 Å². The van der Waals surface area contributed by atoms with Gasteiger partial charge in [-0.15, -0.1) is 5.10 Å². The van der Waals surface area contributed by atoms with Crippen molar-refractivity contribution in [3.8, 4) is 11.6 Å². The molecule has 7 nitrogen and oxygen atoms in total. The topological polar surface area (TPSA) is 66.0 Å². The van der Waals surface area contributed by atoms with Crippen LogP contribution in [0.4, 0.5) is 11.4 Å². The number of hydrogen-bond donors (Lipinski definition) is 0. The SMILES string of the molecule is COc1ccc(=N[N-]c2ccc(N(C)C)cc2OC)n(C)n1. The van der Waals surface area contributed by atoms with Crippen LogP contribution < -0.4 is 19.9 Å². The number of hydrogen-bond acceptors (Lipinski definition) is 5. The second kappa shape index (κ2) is 6.84. The fraction of sp³-hybridized carbons (Fsp3) is 0.333. The summed E-state index contributed by atoms with van der Waals surface area (Å²) in [6.45, 7) is 0. The maximum Gasteiger partial charge on any atom is 0.231 e. The van der Waals surface area contributed by atoms with Gasteiger partial charge in [-0.2, -0.15) is 0 Å². The minimum absolute atomic E-state index is 0.523. The molecule has 2 rings (SSSR count). The molecule has 0 spiro atoms. The number of aryl methyl sites for hydroxylation is 1. The Morgan fingerprint density at radius 2 is 1.91 bits per heavy atom. The smallest absolute Gasteiger partial charge is 0.231 e. The highest BCUT2D eigenvalue weighted by atomic mass is 16.5. The normalized spacial score (nSPS) is 11.2. The molecule has 118 valence electrons. The van der Waals surface area contributed by atoms with E-state index in [-0.39, 0.29) is 0 Å². The predicted octanol–water partition coefficient (Wildman–Crippen LogP) is 2.02. The Hall–Kier alpha value is -2.70. The van der Waals surface area contributed by atoms with Gasteiger partial charge in [0.25, 0.3) is 0 Å². The van der Waals surface area contributed by atoms with Gasteiger partial charge in [0.05, 0.1) is 14.2 Å². The van der Waals surface area contributed by atoms with Crippen LogP contribution in [0.25, 0.3) is 5.43 Å². The zero-order valence-electron chi connectivity index (χ0n) is 13.4. The van der Waals surface area contributed by atoms with E-state index in [9.17, 15) is 0 Å². The number of methoxy groups -OCH3 is 2. The molecule has 7 heteroatoms. The molecule has 0 amide bonds. The van der Waals surface area contributed by atoms with Crippen molar-refractivity contribution in [2.24, 2.45) is 12.1 Å². The van der Waals surface area contributed by atoms with Gasteiger partial charge in [-0.1, -0.05) is 11.8 Å². The maximum absolute atomic E-state index is 5.37. The van der Waals surface area contributed by atoms with Crippen LogP contribution >= 0.6 is 0 Å². The number of aromatic nitrogens is 2. The van der Waals surface area contributed by atoms with E-state index in [4.69, 9.17) is 9.47 Å². The Balaban J connectivity index is 2.29. The van der Waals surface area contributed by atoms with E-state index in [0.29, 0.717) is 22.8 Å². The lowest BCUT2D eigenvalue weighted by atomic mass is 10.2. The Bertz CT molecular complexity index is 709. The summed E-state index contributed by atoms with van der Waals surface area (Å²) in [7, 11) is 8.91. The summed E-state index contributed by atoms with van der Waals surface area (Å²) < 4.78 is 12.0. The van der Waals surface area contributed by atoms with Gasteiger partial charge in [0, 0.05) is 39.0 Å². The van der Waals surface area contributed by atoms with Gasteiger partial charge < -0.3 is 24.9 Å². The van der Waals surface area contributed by atoms with E-state index in [1.807, 2.05) is 37.2 Å². The van der Waals surface area contributed by atoms with Gasteiger partial charge in [-0.05, 0) is 12.1 Å². The highest BCUT2D eigenvalue weighted by Crippen LogP contribution is 2.34. The summed E-state index contributed by atoms with van der Waals surface area (Å²) >= 11 is 0. The number of benzene rings is 1. The molecular formula is C15H20N5O2-. The lowest BCUT2D eigenvalue weighted by molar-refractivity contribution is 0.381. The molecule has 0 N–H and O–H groups in total. The van der Waals surface area contributed by atoms with Crippen LogP contribution in [0.1, 0.15) is 0 Å². The van der Waals surface area contributed by atoms with Crippen LogP contribution in [0.15, 0.2) is 35.4 Å². The quantitative estimate of drug-likeness (QED) is 0.793. The predicted molar refractivity (Wildman–Crippen MR) is 85.7 cm³/mol. The van der Waals surface area contributed by atoms with E-state index < -0.39 is 0 Å². The number of anilines is 1. The molecule has 0 atom stereocenters. The van der Waals surface area contributed by atoms with Crippen LogP contribution in [0.5, 0.6) is 11.6 Å². The summed E-state index contributed by atoms with van der Waals surface area (Å²) in [5, 5.41) is 8.40. The zero-order valence-corrected chi connectivity index (χ0v) is 13.4. The fourth-order valence-corrected chi connectivity index (χ4v) is 1.83. The van der Waals surface area contributed by atoms with Crippen molar-refractivity contribution in [3.05, 3.63) is 41.2 Å². The van der Waals surface area contributed by atoms with Crippen LogP contribution in [-0.4, -0.2) is 38.1 Å². The van der Waals surface area contributed by atoms with Crippen molar-refractivity contribution in [3.63, 3.8) is 0 Å². The lowest BCUT2D eigenvalue weighted by Crippen LogP contribution is -2.19. The Labute approximate surface area is 129 Å². The summed E-state index contributed by atoms with van der Waals surface area (Å²) in [4.78, 5) is 2.00. The van der Waals surface area contributed by atoms with Crippen LogP contribution in [0.2, 0.25) is 0 Å². The minimum atomic E-state index is 0.523. The van der Waals surface area contributed by atoms with E-state index in [1.165, 1.54) is 0 Å². The van der Waals surface area contributed by atoms with Gasteiger partial charge in [-0.3, -0.25) is 0 Å². The molecule has 1 aromatic heterocycles. The third-order valence-corrected chi connectivity index (χ3v) is 3.10. The number of rotatable bonds is 5. The Kier molecular flexibility index (Phi) is 4.88. The maximum atomic E-state index is 5.37. The summed E-state index contributed by atoms with van der Waals surface area (Å²) in [6.07, 6.45) is 0. The van der Waals surface area contributed by atoms with Crippen molar-refractivity contribution in [1.29, 1.82) is 0 Å². The summed E-state index contributed by atoms with van der Waals surface area (Å²) in [6, 6.07) is 9.27. The summed E-state index contributed by atoms with van der Waals surface area (Å²) in [5.74, 6) is 1.19. The first kappa shape index (κ1) is 15.7. The summed E-state index contributed by atoms with van der Waals surface area (Å²) in [5.41, 5.74) is 6.55. The molecule has 1 heterocycles. The lowest BCUT2D eigenvalue weighted by Gasteiger charge is -2.22. The van der Waals surface area contributed by atoms with Crippen LogP contribution in [0, 0.1) is 0 Å². The monoisotopic (exact) mass is 302 g/mol. The van der Waals surface area contributed by atoms with E-state index in [0.717, 1.165) is 5.69 Å². The first-order valence-corrected chi connectivity index (χ1v) is 6.73. The second-order valence-corrected chi connectivity index (χ2v) is 4.81.